The lowest BCUT2D eigenvalue weighted by Gasteiger charge is -1.98. The minimum absolute atomic E-state index is 0.0754. The third-order valence-corrected chi connectivity index (χ3v) is 0.955. The number of unbranched alkanes of at least 4 members (excludes halogenated alkanes) is 1. The highest BCUT2D eigenvalue weighted by Crippen LogP contribution is 1.95. The number of rotatable bonds is 4. The van der Waals surface area contributed by atoms with Crippen molar-refractivity contribution in [1.29, 1.82) is 0 Å². The fourth-order valence-electron chi connectivity index (χ4n) is 0.477. The number of carbonyl (C=O) groups excluding carboxylic acids is 3. The van der Waals surface area contributed by atoms with Crippen LogP contribution in [0, 0.1) is 0 Å². The van der Waals surface area contributed by atoms with Crippen LogP contribution in [0.5, 0.6) is 0 Å². The highest BCUT2D eigenvalue weighted by molar-refractivity contribution is 5.71. The summed E-state index contributed by atoms with van der Waals surface area (Å²) in [6.07, 6.45) is 1.49. The van der Waals surface area contributed by atoms with Crippen LogP contribution in [0.25, 0.3) is 0 Å². The van der Waals surface area contributed by atoms with E-state index in [1.807, 2.05) is 0 Å². The molecule has 5 heteroatoms. The zero-order valence-corrected chi connectivity index (χ0v) is 6.74. The second-order valence-electron chi connectivity index (χ2n) is 2.09. The topological polar surface area (TPSA) is 69.7 Å². The van der Waals surface area contributed by atoms with Crippen molar-refractivity contribution in [2.45, 2.75) is 26.2 Å². The molecule has 0 aliphatic rings. The van der Waals surface area contributed by atoms with Gasteiger partial charge < -0.3 is 4.79 Å². The molecule has 0 aliphatic carbocycles. The van der Waals surface area contributed by atoms with Gasteiger partial charge in [0.1, 0.15) is 6.29 Å². The van der Waals surface area contributed by atoms with Gasteiger partial charge in [-0.1, -0.05) is 0 Å². The first-order valence-electron chi connectivity index (χ1n) is 3.48. The molecule has 0 amide bonds. The van der Waals surface area contributed by atoms with Crippen molar-refractivity contribution in [3.05, 3.63) is 0 Å². The van der Waals surface area contributed by atoms with Crippen molar-refractivity contribution < 1.29 is 24.2 Å². The predicted octanol–water partition coefficient (Wildman–Crippen LogP) is 0.377. The Balaban J connectivity index is 3.33. The Morgan fingerprint density at radius 2 is 2.00 bits per heavy atom. The Kier molecular flexibility index (Phi) is 5.60. The molecule has 0 atom stereocenters. The third kappa shape index (κ3) is 6.73. The summed E-state index contributed by atoms with van der Waals surface area (Å²) >= 11 is 0. The molecule has 0 rings (SSSR count). The second kappa shape index (κ2) is 6.33. The average molecular weight is 174 g/mol. The largest absolute Gasteiger partial charge is 0.355 e. The monoisotopic (exact) mass is 174 g/mol. The van der Waals surface area contributed by atoms with Crippen LogP contribution in [0.4, 0.5) is 0 Å². The van der Waals surface area contributed by atoms with Gasteiger partial charge in [0.15, 0.2) is 0 Å². The molecule has 5 nitrogen and oxygen atoms in total. The van der Waals surface area contributed by atoms with Gasteiger partial charge in [-0.2, -0.15) is 0 Å². The minimum atomic E-state index is -0.682. The normalized spacial score (nSPS) is 8.75. The summed E-state index contributed by atoms with van der Waals surface area (Å²) < 4.78 is 0. The molecule has 0 aliphatic heterocycles. The molecule has 0 N–H and O–H groups in total. The van der Waals surface area contributed by atoms with E-state index in [4.69, 9.17) is 0 Å². The van der Waals surface area contributed by atoms with E-state index in [2.05, 4.69) is 9.78 Å². The van der Waals surface area contributed by atoms with Gasteiger partial charge in [-0.3, -0.25) is 0 Å². The van der Waals surface area contributed by atoms with Crippen LogP contribution in [0.3, 0.4) is 0 Å². The quantitative estimate of drug-likeness (QED) is 0.266. The second-order valence-corrected chi connectivity index (χ2v) is 2.09. The van der Waals surface area contributed by atoms with E-state index in [1.165, 1.54) is 0 Å². The Labute approximate surface area is 69.6 Å². The molecule has 0 saturated heterocycles. The molecular weight excluding hydrogens is 164 g/mol. The van der Waals surface area contributed by atoms with E-state index in [0.717, 1.165) is 6.92 Å². The molecule has 0 heterocycles. The first kappa shape index (κ1) is 10.6. The summed E-state index contributed by atoms with van der Waals surface area (Å²) in [5.41, 5.74) is 0. The Morgan fingerprint density at radius 3 is 2.50 bits per heavy atom. The predicted molar refractivity (Wildman–Crippen MR) is 37.8 cm³/mol. The summed E-state index contributed by atoms with van der Waals surface area (Å²) in [6.45, 7) is 1.12. The van der Waals surface area contributed by atoms with Gasteiger partial charge in [-0.15, -0.1) is 0 Å². The zero-order valence-electron chi connectivity index (χ0n) is 6.74. The van der Waals surface area contributed by atoms with Gasteiger partial charge in [0.05, 0.1) is 6.42 Å². The maximum atomic E-state index is 10.6. The highest BCUT2D eigenvalue weighted by atomic mass is 17.2. The number of carbonyl (C=O) groups is 3. The van der Waals surface area contributed by atoms with E-state index in [-0.39, 0.29) is 6.42 Å². The zero-order chi connectivity index (χ0) is 9.40. The van der Waals surface area contributed by atoms with Gasteiger partial charge in [0, 0.05) is 13.3 Å². The molecule has 0 aromatic rings. The van der Waals surface area contributed by atoms with E-state index in [9.17, 15) is 14.4 Å². The van der Waals surface area contributed by atoms with Crippen LogP contribution < -0.4 is 0 Å². The summed E-state index contributed by atoms with van der Waals surface area (Å²) in [4.78, 5) is 38.5. The molecule has 0 unspecified atom stereocenters. The first-order chi connectivity index (χ1) is 5.66. The highest BCUT2D eigenvalue weighted by Gasteiger charge is 2.04. The standard InChI is InChI=1S/C7H10O5/c1-6(9)11-12-7(10)4-2-3-5-8/h5H,2-4H2,1H3. The van der Waals surface area contributed by atoms with Crippen molar-refractivity contribution in [3.8, 4) is 0 Å². The van der Waals surface area contributed by atoms with Gasteiger partial charge in [-0.05, 0) is 6.42 Å². The maximum absolute atomic E-state index is 10.6. The SMILES string of the molecule is CC(=O)OOC(=O)CCCC=O. The molecular formula is C7H10O5. The van der Waals surface area contributed by atoms with Crippen molar-refractivity contribution in [2.24, 2.45) is 0 Å². The average Bonchev–Trinajstić information content (AvgIpc) is 2.01. The van der Waals surface area contributed by atoms with E-state index < -0.39 is 11.9 Å². The van der Waals surface area contributed by atoms with Crippen molar-refractivity contribution in [3.63, 3.8) is 0 Å². The Hall–Kier alpha value is -1.39. The number of hydrogen-bond donors (Lipinski definition) is 0. The maximum Gasteiger partial charge on any atom is 0.355 e. The molecule has 12 heavy (non-hydrogen) atoms. The van der Waals surface area contributed by atoms with Gasteiger partial charge in [0.25, 0.3) is 0 Å². The van der Waals surface area contributed by atoms with Gasteiger partial charge in [0.2, 0.25) is 0 Å². The molecule has 0 aromatic carbocycles. The minimum Gasteiger partial charge on any atom is -0.303 e. The van der Waals surface area contributed by atoms with Crippen LogP contribution in [-0.2, 0) is 24.2 Å². The Bertz CT molecular complexity index is 175. The summed E-state index contributed by atoms with van der Waals surface area (Å²) in [5, 5.41) is 0. The molecule has 0 spiro atoms. The van der Waals surface area contributed by atoms with Crippen LogP contribution >= 0.6 is 0 Å². The summed E-state index contributed by atoms with van der Waals surface area (Å²) in [7, 11) is 0. The fourth-order valence-corrected chi connectivity index (χ4v) is 0.477. The van der Waals surface area contributed by atoms with E-state index in [1.54, 1.807) is 0 Å². The smallest absolute Gasteiger partial charge is 0.303 e. The van der Waals surface area contributed by atoms with Gasteiger partial charge >= 0.3 is 11.9 Å². The Morgan fingerprint density at radius 1 is 1.33 bits per heavy atom. The van der Waals surface area contributed by atoms with E-state index in [0.29, 0.717) is 19.1 Å². The van der Waals surface area contributed by atoms with Crippen LogP contribution in [0.15, 0.2) is 0 Å². The van der Waals surface area contributed by atoms with Crippen LogP contribution in [-0.4, -0.2) is 18.2 Å². The van der Waals surface area contributed by atoms with Crippen molar-refractivity contribution in [2.75, 3.05) is 0 Å². The lowest BCUT2D eigenvalue weighted by molar-refractivity contribution is -0.257. The van der Waals surface area contributed by atoms with Crippen LogP contribution in [0.2, 0.25) is 0 Å². The molecule has 68 valence electrons. The lowest BCUT2D eigenvalue weighted by atomic mass is 10.2. The van der Waals surface area contributed by atoms with Crippen molar-refractivity contribution >= 4 is 18.2 Å². The van der Waals surface area contributed by atoms with E-state index >= 15 is 0 Å². The first-order valence-corrected chi connectivity index (χ1v) is 3.48. The number of hydrogen-bond acceptors (Lipinski definition) is 5. The van der Waals surface area contributed by atoms with Crippen molar-refractivity contribution in [1.82, 2.24) is 0 Å². The summed E-state index contributed by atoms with van der Waals surface area (Å²) in [6, 6.07) is 0. The van der Waals surface area contributed by atoms with Gasteiger partial charge in [-0.25, -0.2) is 19.4 Å². The molecule has 0 fully saturated rings. The molecule has 0 radical (unpaired) electrons. The molecule has 0 aromatic heterocycles. The third-order valence-electron chi connectivity index (χ3n) is 0.955. The number of aldehydes is 1. The molecule has 0 saturated carbocycles. The molecule has 0 bridgehead atoms. The lowest BCUT2D eigenvalue weighted by Crippen LogP contribution is -2.08. The summed E-state index contributed by atoms with van der Waals surface area (Å²) in [5.74, 6) is -1.33. The van der Waals surface area contributed by atoms with Crippen LogP contribution in [0.1, 0.15) is 26.2 Å². The fraction of sp³-hybridized carbons (Fsp3) is 0.571.